The van der Waals surface area contributed by atoms with Crippen molar-refractivity contribution in [3.8, 4) is 11.1 Å². The summed E-state index contributed by atoms with van der Waals surface area (Å²) in [5.74, 6) is 0.955. The molecule has 0 aliphatic heterocycles. The number of nitrogen functional groups attached to an aromatic ring is 1. The van der Waals surface area contributed by atoms with Crippen LogP contribution >= 0.6 is 0 Å². The van der Waals surface area contributed by atoms with Crippen molar-refractivity contribution in [2.75, 3.05) is 5.73 Å². The number of hydrogen-bond donors (Lipinski definition) is 1. The maximum absolute atomic E-state index is 5.91. The van der Waals surface area contributed by atoms with Crippen molar-refractivity contribution in [2.24, 2.45) is 0 Å². The monoisotopic (exact) mass is 393 g/mol. The molecule has 0 aromatic heterocycles. The minimum Gasteiger partial charge on any atom is -0.399 e. The molecule has 0 bridgehead atoms. The summed E-state index contributed by atoms with van der Waals surface area (Å²) in [6.45, 7) is 6.87. The number of nitrogens with two attached hydrogens (primary N) is 1. The first-order chi connectivity index (χ1) is 14.6. The van der Waals surface area contributed by atoms with E-state index in [-0.39, 0.29) is 0 Å². The predicted octanol–water partition coefficient (Wildman–Crippen LogP) is 7.97. The van der Waals surface area contributed by atoms with Gasteiger partial charge in [0.1, 0.15) is 0 Å². The standard InChI is InChI=1S/C29H31N/c1-4-20(2)27-17-14-25(23-12-15-26(30)16-13-23)19-29(27)28-18-24(11-10-21(28)3)22-8-6-5-7-9-22/h5-17,19-20,24H,4,18,30H2,1-3H3. The molecule has 0 heterocycles. The van der Waals surface area contributed by atoms with E-state index in [1.165, 1.54) is 39.0 Å². The zero-order valence-electron chi connectivity index (χ0n) is 18.2. The lowest BCUT2D eigenvalue weighted by molar-refractivity contribution is 0.729. The third-order valence-corrected chi connectivity index (χ3v) is 6.47. The van der Waals surface area contributed by atoms with Crippen LogP contribution in [-0.2, 0) is 0 Å². The summed E-state index contributed by atoms with van der Waals surface area (Å²) < 4.78 is 0. The highest BCUT2D eigenvalue weighted by atomic mass is 14.5. The topological polar surface area (TPSA) is 26.0 Å². The number of benzene rings is 3. The molecule has 1 aliphatic rings. The van der Waals surface area contributed by atoms with Crippen LogP contribution in [0.2, 0.25) is 0 Å². The lowest BCUT2D eigenvalue weighted by Crippen LogP contribution is -2.06. The van der Waals surface area contributed by atoms with E-state index in [1.807, 2.05) is 12.1 Å². The molecule has 3 aromatic rings. The number of allylic oxidation sites excluding steroid dienone is 4. The van der Waals surface area contributed by atoms with Crippen LogP contribution in [-0.4, -0.2) is 0 Å². The quantitative estimate of drug-likeness (QED) is 0.437. The number of hydrogen-bond acceptors (Lipinski definition) is 1. The first-order valence-electron chi connectivity index (χ1n) is 11.0. The Hall–Kier alpha value is -3.06. The normalized spacial score (nSPS) is 17.2. The molecule has 2 unspecified atom stereocenters. The minimum atomic E-state index is 0.426. The van der Waals surface area contributed by atoms with E-state index in [0.717, 1.165) is 18.5 Å². The fraction of sp³-hybridized carbons (Fsp3) is 0.241. The average molecular weight is 394 g/mol. The van der Waals surface area contributed by atoms with Crippen LogP contribution in [0.4, 0.5) is 5.69 Å². The fourth-order valence-corrected chi connectivity index (χ4v) is 4.38. The molecule has 0 fully saturated rings. The van der Waals surface area contributed by atoms with Gasteiger partial charge in [-0.2, -0.15) is 0 Å². The van der Waals surface area contributed by atoms with E-state index < -0.39 is 0 Å². The zero-order chi connectivity index (χ0) is 21.1. The zero-order valence-corrected chi connectivity index (χ0v) is 18.2. The lowest BCUT2D eigenvalue weighted by Gasteiger charge is -2.26. The SMILES string of the molecule is CCC(C)c1ccc(-c2ccc(N)cc2)cc1C1=C(C)C=CC(c2ccccc2)C1. The largest absolute Gasteiger partial charge is 0.399 e. The molecule has 1 nitrogen and oxygen atoms in total. The summed E-state index contributed by atoms with van der Waals surface area (Å²) in [6, 6.07) is 26.1. The highest BCUT2D eigenvalue weighted by molar-refractivity contribution is 5.79. The van der Waals surface area contributed by atoms with Gasteiger partial charge >= 0.3 is 0 Å². The number of rotatable bonds is 5. The minimum absolute atomic E-state index is 0.426. The Morgan fingerprint density at radius 3 is 2.33 bits per heavy atom. The maximum atomic E-state index is 5.91. The Morgan fingerprint density at radius 2 is 1.63 bits per heavy atom. The van der Waals surface area contributed by atoms with Crippen LogP contribution in [0.1, 0.15) is 62.1 Å². The summed E-state index contributed by atoms with van der Waals surface area (Å²) >= 11 is 0. The molecule has 3 aromatic carbocycles. The lowest BCUT2D eigenvalue weighted by atomic mass is 9.79. The summed E-state index contributed by atoms with van der Waals surface area (Å²) in [5, 5.41) is 0. The first-order valence-corrected chi connectivity index (χ1v) is 11.0. The highest BCUT2D eigenvalue weighted by Crippen LogP contribution is 2.41. The predicted molar refractivity (Wildman–Crippen MR) is 131 cm³/mol. The van der Waals surface area contributed by atoms with Crippen LogP contribution in [0.25, 0.3) is 16.7 Å². The van der Waals surface area contributed by atoms with E-state index in [2.05, 4.69) is 93.6 Å². The van der Waals surface area contributed by atoms with Crippen molar-refractivity contribution < 1.29 is 0 Å². The smallest absolute Gasteiger partial charge is 0.0314 e. The van der Waals surface area contributed by atoms with Crippen LogP contribution in [0.3, 0.4) is 0 Å². The molecule has 30 heavy (non-hydrogen) atoms. The van der Waals surface area contributed by atoms with Crippen LogP contribution in [0.5, 0.6) is 0 Å². The van der Waals surface area contributed by atoms with Gasteiger partial charge in [0.15, 0.2) is 0 Å². The molecule has 1 aliphatic carbocycles. The van der Waals surface area contributed by atoms with Crippen LogP contribution in [0.15, 0.2) is 90.5 Å². The molecule has 4 rings (SSSR count). The van der Waals surface area contributed by atoms with Gasteiger partial charge in [-0.1, -0.05) is 80.6 Å². The van der Waals surface area contributed by atoms with Gasteiger partial charge in [-0.3, -0.25) is 0 Å². The Morgan fingerprint density at radius 1 is 0.933 bits per heavy atom. The van der Waals surface area contributed by atoms with Gasteiger partial charge in [-0.25, -0.2) is 0 Å². The van der Waals surface area contributed by atoms with Gasteiger partial charge in [-0.15, -0.1) is 0 Å². The second kappa shape index (κ2) is 8.75. The fourth-order valence-electron chi connectivity index (χ4n) is 4.38. The van der Waals surface area contributed by atoms with Crippen molar-refractivity contribution in [3.05, 3.63) is 107 Å². The second-order valence-corrected chi connectivity index (χ2v) is 8.48. The molecule has 2 atom stereocenters. The molecule has 0 amide bonds. The van der Waals surface area contributed by atoms with Crippen molar-refractivity contribution in [2.45, 2.75) is 45.4 Å². The van der Waals surface area contributed by atoms with E-state index >= 15 is 0 Å². The third kappa shape index (κ3) is 4.11. The molecule has 1 heteroatoms. The summed E-state index contributed by atoms with van der Waals surface area (Å²) in [5.41, 5.74) is 16.3. The molecule has 0 spiro atoms. The summed E-state index contributed by atoms with van der Waals surface area (Å²) in [7, 11) is 0. The van der Waals surface area contributed by atoms with Crippen molar-refractivity contribution in [1.29, 1.82) is 0 Å². The third-order valence-electron chi connectivity index (χ3n) is 6.47. The highest BCUT2D eigenvalue weighted by Gasteiger charge is 2.21. The van der Waals surface area contributed by atoms with Crippen molar-refractivity contribution in [3.63, 3.8) is 0 Å². The van der Waals surface area contributed by atoms with E-state index in [4.69, 9.17) is 5.73 Å². The second-order valence-electron chi connectivity index (χ2n) is 8.48. The average Bonchev–Trinajstić information content (AvgIpc) is 2.79. The molecule has 2 N–H and O–H groups in total. The van der Waals surface area contributed by atoms with E-state index in [9.17, 15) is 0 Å². The van der Waals surface area contributed by atoms with Crippen LogP contribution in [0, 0.1) is 0 Å². The Kier molecular flexibility index (Phi) is 5.90. The maximum Gasteiger partial charge on any atom is 0.0314 e. The Bertz CT molecular complexity index is 1070. The van der Waals surface area contributed by atoms with Crippen LogP contribution < -0.4 is 5.73 Å². The first kappa shape index (κ1) is 20.2. The molecule has 152 valence electrons. The van der Waals surface area contributed by atoms with E-state index in [0.29, 0.717) is 11.8 Å². The van der Waals surface area contributed by atoms with E-state index in [1.54, 1.807) is 0 Å². The van der Waals surface area contributed by atoms with Crippen molar-refractivity contribution in [1.82, 2.24) is 0 Å². The number of anilines is 1. The van der Waals surface area contributed by atoms with Gasteiger partial charge < -0.3 is 5.73 Å². The molecular formula is C29H31N. The Labute approximate surface area is 181 Å². The van der Waals surface area contributed by atoms with Gasteiger partial charge in [0, 0.05) is 11.6 Å². The van der Waals surface area contributed by atoms with Gasteiger partial charge in [0.05, 0.1) is 0 Å². The van der Waals surface area contributed by atoms with Crippen molar-refractivity contribution >= 4 is 11.3 Å². The molecular weight excluding hydrogens is 362 g/mol. The van der Waals surface area contributed by atoms with Gasteiger partial charge in [0.25, 0.3) is 0 Å². The molecule has 0 saturated heterocycles. The molecule has 0 saturated carbocycles. The van der Waals surface area contributed by atoms with Gasteiger partial charge in [0.2, 0.25) is 0 Å². The summed E-state index contributed by atoms with van der Waals surface area (Å²) in [6.07, 6.45) is 6.85. The Balaban J connectivity index is 1.79. The van der Waals surface area contributed by atoms with Gasteiger partial charge in [-0.05, 0) is 82.8 Å². The summed E-state index contributed by atoms with van der Waals surface area (Å²) in [4.78, 5) is 0. The molecule has 0 radical (unpaired) electrons.